The van der Waals surface area contributed by atoms with Gasteiger partial charge >= 0.3 is 0 Å². The van der Waals surface area contributed by atoms with Crippen LogP contribution in [0.5, 0.6) is 11.6 Å². The van der Waals surface area contributed by atoms with Gasteiger partial charge in [-0.1, -0.05) is 23.7 Å². The summed E-state index contributed by atoms with van der Waals surface area (Å²) in [6, 6.07) is 7.43. The molecule has 2 aromatic rings. The summed E-state index contributed by atoms with van der Waals surface area (Å²) in [5.74, 6) is 1.01. The molecule has 0 unspecified atom stereocenters. The van der Waals surface area contributed by atoms with Gasteiger partial charge in [0, 0.05) is 6.54 Å². The summed E-state index contributed by atoms with van der Waals surface area (Å²) in [4.78, 5) is 7.70. The number of nitrogens with zero attached hydrogens (tertiary/aromatic N) is 2. The van der Waals surface area contributed by atoms with Crippen molar-refractivity contribution in [2.45, 2.75) is 6.54 Å². The quantitative estimate of drug-likeness (QED) is 0.887. The summed E-state index contributed by atoms with van der Waals surface area (Å²) in [6.45, 7) is 0.508. The summed E-state index contributed by atoms with van der Waals surface area (Å²) in [5, 5.41) is 0.380. The van der Waals surface area contributed by atoms with Crippen molar-refractivity contribution in [1.82, 2.24) is 9.97 Å². The minimum absolute atomic E-state index is 0.345. The first-order valence-electron chi connectivity index (χ1n) is 4.72. The number of rotatable bonds is 3. The van der Waals surface area contributed by atoms with E-state index in [-0.39, 0.29) is 0 Å². The molecule has 5 heteroatoms. The topological polar surface area (TPSA) is 61.0 Å². The normalized spacial score (nSPS) is 10.1. The number of aromatic nitrogens is 2. The molecule has 0 aliphatic carbocycles. The Bertz CT molecular complexity index is 473. The van der Waals surface area contributed by atoms with Gasteiger partial charge in [0.1, 0.15) is 17.1 Å². The van der Waals surface area contributed by atoms with Gasteiger partial charge in [-0.05, 0) is 17.7 Å². The smallest absolute Gasteiger partial charge is 0.241 e. The third kappa shape index (κ3) is 2.48. The lowest BCUT2D eigenvalue weighted by Crippen LogP contribution is -1.95. The molecule has 0 spiro atoms. The molecular weight excluding hydrogens is 226 g/mol. The van der Waals surface area contributed by atoms with E-state index in [0.717, 1.165) is 5.56 Å². The van der Waals surface area contributed by atoms with Gasteiger partial charge in [0.15, 0.2) is 0 Å². The number of nitrogens with two attached hydrogens (primary N) is 1. The van der Waals surface area contributed by atoms with Crippen molar-refractivity contribution in [3.05, 3.63) is 47.4 Å². The van der Waals surface area contributed by atoms with Crippen LogP contribution in [0.15, 0.2) is 36.8 Å². The Morgan fingerprint density at radius 3 is 2.62 bits per heavy atom. The molecule has 0 radical (unpaired) electrons. The van der Waals surface area contributed by atoms with E-state index < -0.39 is 0 Å². The highest BCUT2D eigenvalue weighted by atomic mass is 35.5. The number of hydrogen-bond acceptors (Lipinski definition) is 4. The molecule has 2 N–H and O–H groups in total. The predicted octanol–water partition coefficient (Wildman–Crippen LogP) is 2.38. The summed E-state index contributed by atoms with van der Waals surface area (Å²) in [6.07, 6.45) is 2.87. The summed E-state index contributed by atoms with van der Waals surface area (Å²) in [5.41, 5.74) is 6.54. The van der Waals surface area contributed by atoms with E-state index in [1.54, 1.807) is 0 Å². The molecule has 0 bridgehead atoms. The molecule has 0 aliphatic heterocycles. The van der Waals surface area contributed by atoms with Crippen molar-refractivity contribution in [2.24, 2.45) is 5.73 Å². The Morgan fingerprint density at radius 2 is 2.00 bits per heavy atom. The highest BCUT2D eigenvalue weighted by Gasteiger charge is 2.03. The van der Waals surface area contributed by atoms with Gasteiger partial charge in [-0.3, -0.25) is 0 Å². The van der Waals surface area contributed by atoms with Gasteiger partial charge < -0.3 is 10.5 Å². The SMILES string of the molecule is NCc1ccc(Oc2ncncc2Cl)cc1. The van der Waals surface area contributed by atoms with Crippen LogP contribution in [0.2, 0.25) is 5.02 Å². The zero-order valence-corrected chi connectivity index (χ0v) is 9.19. The monoisotopic (exact) mass is 235 g/mol. The second-order valence-corrected chi connectivity index (χ2v) is 3.53. The first-order chi connectivity index (χ1) is 7.79. The fourth-order valence-corrected chi connectivity index (χ4v) is 1.33. The van der Waals surface area contributed by atoms with Crippen LogP contribution in [0.4, 0.5) is 0 Å². The van der Waals surface area contributed by atoms with E-state index in [0.29, 0.717) is 23.2 Å². The van der Waals surface area contributed by atoms with Crippen LogP contribution in [-0.2, 0) is 6.54 Å². The van der Waals surface area contributed by atoms with Gasteiger partial charge in [0.05, 0.1) is 6.20 Å². The highest BCUT2D eigenvalue weighted by Crippen LogP contribution is 2.25. The van der Waals surface area contributed by atoms with Crippen molar-refractivity contribution in [1.29, 1.82) is 0 Å². The molecular formula is C11H10ClN3O. The van der Waals surface area contributed by atoms with Crippen molar-refractivity contribution in [3.63, 3.8) is 0 Å². The second kappa shape index (κ2) is 4.92. The second-order valence-electron chi connectivity index (χ2n) is 3.13. The van der Waals surface area contributed by atoms with Gasteiger partial charge in [-0.15, -0.1) is 0 Å². The average Bonchev–Trinajstić information content (AvgIpc) is 2.33. The minimum atomic E-state index is 0.345. The molecule has 16 heavy (non-hydrogen) atoms. The van der Waals surface area contributed by atoms with E-state index in [9.17, 15) is 0 Å². The van der Waals surface area contributed by atoms with Gasteiger partial charge in [0.25, 0.3) is 0 Å². The van der Waals surface area contributed by atoms with Crippen LogP contribution >= 0.6 is 11.6 Å². The van der Waals surface area contributed by atoms with Crippen molar-refractivity contribution < 1.29 is 4.74 Å². The molecule has 0 aliphatic rings. The Kier molecular flexibility index (Phi) is 3.34. The molecule has 0 fully saturated rings. The highest BCUT2D eigenvalue weighted by molar-refractivity contribution is 6.31. The Hall–Kier alpha value is -1.65. The molecule has 1 aromatic carbocycles. The number of hydrogen-bond donors (Lipinski definition) is 1. The molecule has 0 amide bonds. The van der Waals surface area contributed by atoms with Gasteiger partial charge in [-0.25, -0.2) is 9.97 Å². The van der Waals surface area contributed by atoms with Gasteiger partial charge in [-0.2, -0.15) is 0 Å². The maximum absolute atomic E-state index is 5.86. The Morgan fingerprint density at radius 1 is 1.25 bits per heavy atom. The maximum atomic E-state index is 5.86. The van der Waals surface area contributed by atoms with Crippen LogP contribution in [0.3, 0.4) is 0 Å². The third-order valence-corrected chi connectivity index (χ3v) is 2.27. The fourth-order valence-electron chi connectivity index (χ4n) is 1.18. The van der Waals surface area contributed by atoms with Crippen molar-refractivity contribution >= 4 is 11.6 Å². The summed E-state index contributed by atoms with van der Waals surface area (Å²) < 4.78 is 5.48. The lowest BCUT2D eigenvalue weighted by molar-refractivity contribution is 0.461. The Labute approximate surface area is 98.0 Å². The lowest BCUT2D eigenvalue weighted by atomic mass is 10.2. The van der Waals surface area contributed by atoms with E-state index in [2.05, 4.69) is 9.97 Å². The summed E-state index contributed by atoms with van der Waals surface area (Å²) in [7, 11) is 0. The standard InChI is InChI=1S/C11H10ClN3O/c12-10-6-14-7-15-11(10)16-9-3-1-8(5-13)2-4-9/h1-4,6-7H,5,13H2. The van der Waals surface area contributed by atoms with E-state index in [4.69, 9.17) is 22.1 Å². The maximum Gasteiger partial charge on any atom is 0.241 e. The van der Waals surface area contributed by atoms with Crippen LogP contribution in [0.1, 0.15) is 5.56 Å². The first-order valence-corrected chi connectivity index (χ1v) is 5.10. The minimum Gasteiger partial charge on any atom is -0.437 e. The number of halogens is 1. The van der Waals surface area contributed by atoms with E-state index in [1.807, 2.05) is 24.3 Å². The molecule has 1 aromatic heterocycles. The number of benzene rings is 1. The van der Waals surface area contributed by atoms with E-state index >= 15 is 0 Å². The zero-order valence-electron chi connectivity index (χ0n) is 8.43. The molecule has 0 saturated heterocycles. The zero-order chi connectivity index (χ0) is 11.4. The van der Waals surface area contributed by atoms with Crippen molar-refractivity contribution in [3.8, 4) is 11.6 Å². The van der Waals surface area contributed by atoms with Crippen LogP contribution in [0.25, 0.3) is 0 Å². The van der Waals surface area contributed by atoms with Crippen molar-refractivity contribution in [2.75, 3.05) is 0 Å². The Balaban J connectivity index is 2.18. The molecule has 0 saturated carbocycles. The largest absolute Gasteiger partial charge is 0.437 e. The summed E-state index contributed by atoms with van der Waals surface area (Å²) >= 11 is 5.86. The van der Waals surface area contributed by atoms with E-state index in [1.165, 1.54) is 12.5 Å². The van der Waals surface area contributed by atoms with Crippen LogP contribution in [0, 0.1) is 0 Å². The molecule has 0 atom stereocenters. The fraction of sp³-hybridized carbons (Fsp3) is 0.0909. The van der Waals surface area contributed by atoms with Crippen LogP contribution < -0.4 is 10.5 Å². The molecule has 82 valence electrons. The predicted molar refractivity (Wildman–Crippen MR) is 61.4 cm³/mol. The number of ether oxygens (including phenoxy) is 1. The molecule has 4 nitrogen and oxygen atoms in total. The lowest BCUT2D eigenvalue weighted by Gasteiger charge is -2.05. The van der Waals surface area contributed by atoms with Crippen LogP contribution in [-0.4, -0.2) is 9.97 Å². The third-order valence-electron chi connectivity index (χ3n) is 2.01. The molecule has 2 rings (SSSR count). The molecule has 1 heterocycles. The first kappa shape index (κ1) is 10.9. The van der Waals surface area contributed by atoms with Gasteiger partial charge in [0.2, 0.25) is 5.88 Å². The average molecular weight is 236 g/mol.